The van der Waals surface area contributed by atoms with E-state index in [4.69, 9.17) is 0 Å². The number of aliphatic hydroxyl groups excluding tert-OH is 1. The maximum Gasteiger partial charge on any atom is 0.219 e. The summed E-state index contributed by atoms with van der Waals surface area (Å²) < 4.78 is 0. The summed E-state index contributed by atoms with van der Waals surface area (Å²) in [5.41, 5.74) is 1.83. The Bertz CT molecular complexity index is 602. The van der Waals surface area contributed by atoms with Crippen LogP contribution in [-0.4, -0.2) is 62.1 Å². The minimum absolute atomic E-state index is 0.0533. The summed E-state index contributed by atoms with van der Waals surface area (Å²) in [7, 11) is 0. The smallest absolute Gasteiger partial charge is 0.219 e. The van der Waals surface area contributed by atoms with Gasteiger partial charge in [0.05, 0.1) is 23.7 Å². The van der Waals surface area contributed by atoms with E-state index in [0.29, 0.717) is 0 Å². The highest BCUT2D eigenvalue weighted by Gasteiger charge is 2.50. The number of piperidine rings is 2. The molecule has 0 aromatic carbocycles. The van der Waals surface area contributed by atoms with Crippen molar-refractivity contribution in [1.29, 1.82) is 0 Å². The molecule has 1 unspecified atom stereocenters. The van der Waals surface area contributed by atoms with Crippen LogP contribution in [0.4, 0.5) is 0 Å². The van der Waals surface area contributed by atoms with Crippen LogP contribution >= 0.6 is 0 Å². The van der Waals surface area contributed by atoms with Crippen molar-refractivity contribution < 1.29 is 9.90 Å². The first kappa shape index (κ1) is 17.4. The molecule has 3 heterocycles. The number of hydrogen-bond donors (Lipinski definition) is 2. The molecule has 2 aliphatic heterocycles. The molecular formula is C18H30N4O2. The monoisotopic (exact) mass is 334 g/mol. The second-order valence-corrected chi connectivity index (χ2v) is 8.23. The normalized spacial score (nSPS) is 26.7. The molecule has 1 aromatic rings. The Hall–Kier alpha value is -1.40. The van der Waals surface area contributed by atoms with E-state index in [1.54, 1.807) is 13.3 Å². The first-order valence-electron chi connectivity index (χ1n) is 8.91. The average molecular weight is 334 g/mol. The number of amides is 1. The lowest BCUT2D eigenvalue weighted by Gasteiger charge is -2.55. The molecule has 2 N–H and O–H groups in total. The number of carbonyl (C=O) groups excluding carboxylic acids is 1. The predicted molar refractivity (Wildman–Crippen MR) is 92.4 cm³/mol. The van der Waals surface area contributed by atoms with Crippen molar-refractivity contribution in [2.75, 3.05) is 19.6 Å². The Kier molecular flexibility index (Phi) is 4.47. The van der Waals surface area contributed by atoms with Crippen molar-refractivity contribution in [1.82, 2.24) is 19.8 Å². The first-order valence-corrected chi connectivity index (χ1v) is 8.91. The summed E-state index contributed by atoms with van der Waals surface area (Å²) in [4.78, 5) is 23.9. The summed E-state index contributed by atoms with van der Waals surface area (Å²) in [6.45, 7) is 11.2. The Morgan fingerprint density at radius 3 is 2.62 bits per heavy atom. The highest BCUT2D eigenvalue weighted by Crippen LogP contribution is 2.45. The van der Waals surface area contributed by atoms with Gasteiger partial charge >= 0.3 is 0 Å². The highest BCUT2D eigenvalue weighted by atomic mass is 16.3. The number of imidazole rings is 1. The highest BCUT2D eigenvalue weighted by molar-refractivity contribution is 5.74. The molecule has 1 spiro atoms. The Morgan fingerprint density at radius 2 is 2.08 bits per heavy atom. The molecule has 1 aromatic heterocycles. The SMILES string of the molecule is CC(=O)N1CC2(CCN(Cc3nc[nH]c3C)CC2)CC(O)C1(C)C. The summed E-state index contributed by atoms with van der Waals surface area (Å²) in [5.74, 6) is 0.0627. The number of aromatic nitrogens is 2. The molecule has 6 nitrogen and oxygen atoms in total. The largest absolute Gasteiger partial charge is 0.391 e. The topological polar surface area (TPSA) is 72.5 Å². The second kappa shape index (κ2) is 6.15. The van der Waals surface area contributed by atoms with Crippen LogP contribution in [0.5, 0.6) is 0 Å². The van der Waals surface area contributed by atoms with Crippen LogP contribution in [0.3, 0.4) is 0 Å². The molecule has 0 aliphatic carbocycles. The molecule has 1 atom stereocenters. The summed E-state index contributed by atoms with van der Waals surface area (Å²) in [6, 6.07) is 0. The van der Waals surface area contributed by atoms with Gasteiger partial charge in [-0.05, 0) is 58.5 Å². The van der Waals surface area contributed by atoms with Crippen molar-refractivity contribution in [2.24, 2.45) is 5.41 Å². The van der Waals surface area contributed by atoms with Crippen LogP contribution in [-0.2, 0) is 11.3 Å². The van der Waals surface area contributed by atoms with Crippen LogP contribution in [0.15, 0.2) is 6.33 Å². The Morgan fingerprint density at radius 1 is 1.42 bits per heavy atom. The van der Waals surface area contributed by atoms with E-state index in [9.17, 15) is 9.90 Å². The van der Waals surface area contributed by atoms with Crippen LogP contribution in [0.25, 0.3) is 0 Å². The fourth-order valence-corrected chi connectivity index (χ4v) is 4.27. The van der Waals surface area contributed by atoms with Crippen LogP contribution in [0.2, 0.25) is 0 Å². The van der Waals surface area contributed by atoms with Gasteiger partial charge in [-0.2, -0.15) is 0 Å². The summed E-state index contributed by atoms with van der Waals surface area (Å²) in [5, 5.41) is 10.7. The van der Waals surface area contributed by atoms with Crippen LogP contribution in [0, 0.1) is 12.3 Å². The third kappa shape index (κ3) is 3.09. The van der Waals surface area contributed by atoms with Gasteiger partial charge < -0.3 is 15.0 Å². The molecule has 0 radical (unpaired) electrons. The molecule has 2 fully saturated rings. The lowest BCUT2D eigenvalue weighted by molar-refractivity contribution is -0.157. The molecule has 134 valence electrons. The fraction of sp³-hybridized carbons (Fsp3) is 0.778. The molecule has 2 saturated heterocycles. The third-order valence-corrected chi connectivity index (χ3v) is 6.24. The van der Waals surface area contributed by atoms with E-state index in [2.05, 4.69) is 21.8 Å². The van der Waals surface area contributed by atoms with Crippen molar-refractivity contribution in [2.45, 2.75) is 65.1 Å². The second-order valence-electron chi connectivity index (χ2n) is 8.23. The number of aromatic amines is 1. The number of nitrogens with one attached hydrogen (secondary N) is 1. The van der Waals surface area contributed by atoms with Gasteiger partial charge in [0.1, 0.15) is 0 Å². The average Bonchev–Trinajstić information content (AvgIpc) is 2.91. The lowest BCUT2D eigenvalue weighted by atomic mass is 9.67. The standard InChI is InChI=1S/C18H30N4O2/c1-13-15(20-12-19-13)10-21-7-5-18(6-8-21)9-16(24)17(3,4)22(11-18)14(2)23/h12,16,24H,5-11H2,1-4H3,(H,19,20). The quantitative estimate of drug-likeness (QED) is 0.863. The molecule has 0 bridgehead atoms. The zero-order valence-electron chi connectivity index (χ0n) is 15.3. The zero-order valence-corrected chi connectivity index (χ0v) is 15.3. The van der Waals surface area contributed by atoms with Gasteiger partial charge in [-0.1, -0.05) is 0 Å². The summed E-state index contributed by atoms with van der Waals surface area (Å²) in [6.07, 6.45) is 4.12. The Labute approximate surface area is 144 Å². The van der Waals surface area contributed by atoms with Gasteiger partial charge in [-0.15, -0.1) is 0 Å². The number of nitrogens with zero attached hydrogens (tertiary/aromatic N) is 3. The van der Waals surface area contributed by atoms with Gasteiger partial charge in [0, 0.05) is 25.7 Å². The molecular weight excluding hydrogens is 304 g/mol. The van der Waals surface area contributed by atoms with Gasteiger partial charge in [-0.25, -0.2) is 4.98 Å². The zero-order chi connectivity index (χ0) is 17.5. The van der Waals surface area contributed by atoms with E-state index < -0.39 is 11.6 Å². The van der Waals surface area contributed by atoms with Gasteiger partial charge in [0.15, 0.2) is 0 Å². The number of likely N-dealkylation sites (tertiary alicyclic amines) is 2. The lowest BCUT2D eigenvalue weighted by Crippen LogP contribution is -2.64. The molecule has 1 amide bonds. The van der Waals surface area contributed by atoms with Crippen LogP contribution in [0.1, 0.15) is 51.4 Å². The maximum absolute atomic E-state index is 12.1. The number of aryl methyl sites for hydroxylation is 1. The summed E-state index contributed by atoms with van der Waals surface area (Å²) >= 11 is 0. The number of hydrogen-bond acceptors (Lipinski definition) is 4. The number of carbonyl (C=O) groups is 1. The van der Waals surface area contributed by atoms with Crippen LogP contribution < -0.4 is 0 Å². The number of aliphatic hydroxyl groups is 1. The minimum atomic E-state index is -0.472. The van der Waals surface area contributed by atoms with E-state index in [1.165, 1.54) is 0 Å². The molecule has 24 heavy (non-hydrogen) atoms. The first-order chi connectivity index (χ1) is 11.2. The molecule has 0 saturated carbocycles. The van der Waals surface area contributed by atoms with Crippen molar-refractivity contribution in [3.63, 3.8) is 0 Å². The fourth-order valence-electron chi connectivity index (χ4n) is 4.27. The van der Waals surface area contributed by atoms with Crippen molar-refractivity contribution in [3.8, 4) is 0 Å². The predicted octanol–water partition coefficient (Wildman–Crippen LogP) is 1.69. The van der Waals surface area contributed by atoms with Crippen molar-refractivity contribution >= 4 is 5.91 Å². The molecule has 6 heteroatoms. The van der Waals surface area contributed by atoms with Gasteiger partial charge in [0.2, 0.25) is 5.91 Å². The maximum atomic E-state index is 12.1. The molecule has 2 aliphatic rings. The van der Waals surface area contributed by atoms with Crippen molar-refractivity contribution in [3.05, 3.63) is 17.7 Å². The van der Waals surface area contributed by atoms with Gasteiger partial charge in [0.25, 0.3) is 0 Å². The number of rotatable bonds is 2. The number of H-pyrrole nitrogens is 1. The van der Waals surface area contributed by atoms with E-state index in [-0.39, 0.29) is 11.3 Å². The minimum Gasteiger partial charge on any atom is -0.391 e. The Balaban J connectivity index is 1.66. The van der Waals surface area contributed by atoms with E-state index >= 15 is 0 Å². The van der Waals surface area contributed by atoms with E-state index in [0.717, 1.165) is 56.8 Å². The third-order valence-electron chi connectivity index (χ3n) is 6.24. The molecule has 3 rings (SSSR count). The van der Waals surface area contributed by atoms with Gasteiger partial charge in [-0.3, -0.25) is 9.69 Å². The van der Waals surface area contributed by atoms with E-state index in [1.807, 2.05) is 18.7 Å².